The van der Waals surface area contributed by atoms with Crippen LogP contribution in [-0.4, -0.2) is 11.5 Å². The van der Waals surface area contributed by atoms with Crippen LogP contribution in [0.5, 0.6) is 5.75 Å². The zero-order valence-electron chi connectivity index (χ0n) is 11.8. The lowest BCUT2D eigenvalue weighted by Crippen LogP contribution is -2.03. The summed E-state index contributed by atoms with van der Waals surface area (Å²) in [6, 6.07) is 9.70. The summed E-state index contributed by atoms with van der Waals surface area (Å²) in [4.78, 5) is 4.31. The Balaban J connectivity index is 2.01. The van der Waals surface area contributed by atoms with Crippen LogP contribution in [0.3, 0.4) is 0 Å². The van der Waals surface area contributed by atoms with Gasteiger partial charge in [0.25, 0.3) is 0 Å². The van der Waals surface area contributed by atoms with Gasteiger partial charge in [0.2, 0.25) is 0 Å². The minimum absolute atomic E-state index is 0.408. The van der Waals surface area contributed by atoms with Crippen LogP contribution in [0.25, 0.3) is 0 Å². The number of ether oxygens (including phenoxy) is 1. The van der Waals surface area contributed by atoms with Crippen molar-refractivity contribution in [3.63, 3.8) is 0 Å². The summed E-state index contributed by atoms with van der Waals surface area (Å²) in [6.07, 6.45) is 2.88. The summed E-state index contributed by atoms with van der Waals surface area (Å²) in [6.45, 7) is 5.51. The fraction of sp³-hybridized carbons (Fsp3) is 0.312. The Hall–Kier alpha value is -1.74. The predicted molar refractivity (Wildman–Crippen MR) is 83.5 cm³/mol. The van der Waals surface area contributed by atoms with Gasteiger partial charge in [0.1, 0.15) is 12.4 Å². The van der Waals surface area contributed by atoms with Gasteiger partial charge in [-0.25, -0.2) is 0 Å². The lowest BCUT2D eigenvalue weighted by atomic mass is 10.2. The van der Waals surface area contributed by atoms with Crippen molar-refractivity contribution in [1.82, 2.24) is 4.98 Å². The molecule has 0 aliphatic carbocycles. The van der Waals surface area contributed by atoms with Crippen molar-refractivity contribution in [3.05, 3.63) is 52.8 Å². The number of anilines is 1. The van der Waals surface area contributed by atoms with Crippen LogP contribution in [-0.2, 0) is 6.61 Å². The van der Waals surface area contributed by atoms with Crippen molar-refractivity contribution in [2.45, 2.75) is 26.9 Å². The molecule has 0 bridgehead atoms. The van der Waals surface area contributed by atoms with Crippen molar-refractivity contribution >= 4 is 17.3 Å². The summed E-state index contributed by atoms with van der Waals surface area (Å²) < 4.78 is 5.74. The van der Waals surface area contributed by atoms with Crippen molar-refractivity contribution in [2.75, 3.05) is 11.9 Å². The molecule has 4 heteroatoms. The number of aryl methyl sites for hydroxylation is 1. The fourth-order valence-corrected chi connectivity index (χ4v) is 1.98. The second-order valence-electron chi connectivity index (χ2n) is 4.69. The Labute approximate surface area is 124 Å². The van der Waals surface area contributed by atoms with Crippen molar-refractivity contribution < 1.29 is 4.74 Å². The van der Waals surface area contributed by atoms with E-state index in [0.717, 1.165) is 29.9 Å². The van der Waals surface area contributed by atoms with Gasteiger partial charge in [0, 0.05) is 18.4 Å². The molecule has 1 aromatic heterocycles. The zero-order chi connectivity index (χ0) is 14.4. The summed E-state index contributed by atoms with van der Waals surface area (Å²) in [5.74, 6) is 0.695. The van der Waals surface area contributed by atoms with Crippen molar-refractivity contribution in [3.8, 4) is 5.75 Å². The molecule has 2 aromatic rings. The maximum atomic E-state index is 6.10. The molecule has 20 heavy (non-hydrogen) atoms. The highest BCUT2D eigenvalue weighted by molar-refractivity contribution is 6.32. The lowest BCUT2D eigenvalue weighted by Gasteiger charge is -2.10. The smallest absolute Gasteiger partial charge is 0.138 e. The number of rotatable bonds is 6. The quantitative estimate of drug-likeness (QED) is 0.854. The molecule has 106 valence electrons. The minimum Gasteiger partial charge on any atom is -0.486 e. The van der Waals surface area contributed by atoms with E-state index in [4.69, 9.17) is 16.3 Å². The Kier molecular flexibility index (Phi) is 5.24. The highest BCUT2D eigenvalue weighted by atomic mass is 35.5. The standard InChI is InChI=1S/C16H19ClN2O/c1-3-7-18-13-6-8-19-14(10-13)11-20-16-9-12(2)4-5-15(16)17/h4-6,8-10H,3,7,11H2,1-2H3,(H,18,19). The molecule has 1 aromatic carbocycles. The van der Waals surface area contributed by atoms with E-state index in [0.29, 0.717) is 17.4 Å². The van der Waals surface area contributed by atoms with Gasteiger partial charge in [-0.05, 0) is 43.2 Å². The Morgan fingerprint density at radius 2 is 2.10 bits per heavy atom. The van der Waals surface area contributed by atoms with Gasteiger partial charge >= 0.3 is 0 Å². The first kappa shape index (κ1) is 14.7. The van der Waals surface area contributed by atoms with E-state index >= 15 is 0 Å². The van der Waals surface area contributed by atoms with Crippen LogP contribution in [0.2, 0.25) is 5.02 Å². The zero-order valence-corrected chi connectivity index (χ0v) is 12.6. The molecule has 0 aliphatic heterocycles. The molecule has 0 atom stereocenters. The SMILES string of the molecule is CCCNc1ccnc(COc2cc(C)ccc2Cl)c1. The number of halogens is 1. The minimum atomic E-state index is 0.408. The molecule has 0 unspecified atom stereocenters. The average molecular weight is 291 g/mol. The molecule has 0 aliphatic rings. The van der Waals surface area contributed by atoms with E-state index in [2.05, 4.69) is 17.2 Å². The Morgan fingerprint density at radius 1 is 1.25 bits per heavy atom. The highest BCUT2D eigenvalue weighted by Gasteiger charge is 2.03. The number of hydrogen-bond donors (Lipinski definition) is 1. The monoisotopic (exact) mass is 290 g/mol. The molecule has 0 saturated carbocycles. The van der Waals surface area contributed by atoms with Gasteiger partial charge in [-0.2, -0.15) is 0 Å². The van der Waals surface area contributed by atoms with E-state index in [9.17, 15) is 0 Å². The van der Waals surface area contributed by atoms with E-state index < -0.39 is 0 Å². The number of pyridine rings is 1. The number of nitrogens with one attached hydrogen (secondary N) is 1. The van der Waals surface area contributed by atoms with Gasteiger partial charge in [0.15, 0.2) is 0 Å². The molecule has 0 saturated heterocycles. The molecule has 1 heterocycles. The van der Waals surface area contributed by atoms with Crippen LogP contribution in [0, 0.1) is 6.92 Å². The first-order valence-electron chi connectivity index (χ1n) is 6.77. The van der Waals surface area contributed by atoms with E-state index in [-0.39, 0.29) is 0 Å². The third-order valence-corrected chi connectivity index (χ3v) is 3.17. The maximum absolute atomic E-state index is 6.10. The number of nitrogens with zero attached hydrogens (tertiary/aromatic N) is 1. The molecule has 0 amide bonds. The van der Waals surface area contributed by atoms with E-state index in [1.807, 2.05) is 37.3 Å². The summed E-state index contributed by atoms with van der Waals surface area (Å²) in [5, 5.41) is 3.95. The van der Waals surface area contributed by atoms with E-state index in [1.165, 1.54) is 0 Å². The topological polar surface area (TPSA) is 34.2 Å². The molecule has 2 rings (SSSR count). The number of aromatic nitrogens is 1. The third-order valence-electron chi connectivity index (χ3n) is 2.86. The third kappa shape index (κ3) is 4.14. The lowest BCUT2D eigenvalue weighted by molar-refractivity contribution is 0.301. The van der Waals surface area contributed by atoms with Crippen molar-refractivity contribution in [2.24, 2.45) is 0 Å². The molecular weight excluding hydrogens is 272 g/mol. The average Bonchev–Trinajstić information content (AvgIpc) is 2.46. The maximum Gasteiger partial charge on any atom is 0.138 e. The van der Waals surface area contributed by atoms with E-state index in [1.54, 1.807) is 6.20 Å². The molecule has 0 radical (unpaired) electrons. The van der Waals surface area contributed by atoms with Crippen LogP contribution < -0.4 is 10.1 Å². The summed E-state index contributed by atoms with van der Waals surface area (Å²) in [7, 11) is 0. The highest BCUT2D eigenvalue weighted by Crippen LogP contribution is 2.26. The Bertz CT molecular complexity index is 572. The van der Waals surface area contributed by atoms with Crippen LogP contribution in [0.15, 0.2) is 36.5 Å². The van der Waals surface area contributed by atoms with Crippen LogP contribution >= 0.6 is 11.6 Å². The van der Waals surface area contributed by atoms with Crippen LogP contribution in [0.1, 0.15) is 24.6 Å². The molecular formula is C16H19ClN2O. The first-order chi connectivity index (χ1) is 9.69. The van der Waals surface area contributed by atoms with Gasteiger partial charge in [0.05, 0.1) is 10.7 Å². The number of hydrogen-bond acceptors (Lipinski definition) is 3. The number of benzene rings is 1. The molecule has 1 N–H and O–H groups in total. The second-order valence-corrected chi connectivity index (χ2v) is 5.09. The normalized spacial score (nSPS) is 10.3. The van der Waals surface area contributed by atoms with Crippen LogP contribution in [0.4, 0.5) is 5.69 Å². The second kappa shape index (κ2) is 7.15. The predicted octanol–water partition coefficient (Wildman–Crippen LogP) is 4.44. The fourth-order valence-electron chi connectivity index (χ4n) is 1.81. The van der Waals surface area contributed by atoms with Gasteiger partial charge in [-0.15, -0.1) is 0 Å². The molecule has 0 fully saturated rings. The Morgan fingerprint density at radius 3 is 2.90 bits per heavy atom. The molecule has 3 nitrogen and oxygen atoms in total. The largest absolute Gasteiger partial charge is 0.486 e. The van der Waals surface area contributed by atoms with Gasteiger partial charge in [-0.3, -0.25) is 4.98 Å². The summed E-state index contributed by atoms with van der Waals surface area (Å²) in [5.41, 5.74) is 3.06. The van der Waals surface area contributed by atoms with Gasteiger partial charge < -0.3 is 10.1 Å². The van der Waals surface area contributed by atoms with Gasteiger partial charge in [-0.1, -0.05) is 24.6 Å². The van der Waals surface area contributed by atoms with Crippen molar-refractivity contribution in [1.29, 1.82) is 0 Å². The first-order valence-corrected chi connectivity index (χ1v) is 7.14. The summed E-state index contributed by atoms with van der Waals surface area (Å²) >= 11 is 6.10. The molecule has 0 spiro atoms.